The van der Waals surface area contributed by atoms with E-state index in [1.54, 1.807) is 18.4 Å². The zero-order valence-electron chi connectivity index (χ0n) is 17.7. The van der Waals surface area contributed by atoms with Crippen LogP contribution in [0.3, 0.4) is 0 Å². The summed E-state index contributed by atoms with van der Waals surface area (Å²) < 4.78 is 6.77. The van der Waals surface area contributed by atoms with E-state index in [9.17, 15) is 25.0 Å². The first-order chi connectivity index (χ1) is 15.2. The van der Waals surface area contributed by atoms with Gasteiger partial charge in [-0.25, -0.2) is 4.79 Å². The van der Waals surface area contributed by atoms with Crippen LogP contribution in [0.1, 0.15) is 32.7 Å². The van der Waals surface area contributed by atoms with E-state index in [-0.39, 0.29) is 17.1 Å². The lowest BCUT2D eigenvalue weighted by molar-refractivity contribution is -0.385. The fraction of sp³-hybridized carbons (Fsp3) is 0.174. The Kier molecular flexibility index (Phi) is 6.35. The molecule has 1 aromatic heterocycles. The summed E-state index contributed by atoms with van der Waals surface area (Å²) in [6.07, 6.45) is 0. The van der Waals surface area contributed by atoms with Gasteiger partial charge in [-0.2, -0.15) is 5.26 Å². The van der Waals surface area contributed by atoms with Gasteiger partial charge in [-0.15, -0.1) is 0 Å². The minimum atomic E-state index is -0.866. The van der Waals surface area contributed by atoms with Crippen LogP contribution in [0.2, 0.25) is 0 Å². The molecule has 0 radical (unpaired) electrons. The molecular weight excluding hydrogens is 412 g/mol. The number of aryl methyl sites for hydroxylation is 1. The molecule has 0 aliphatic rings. The number of nitro benzene ring substituents is 1. The van der Waals surface area contributed by atoms with Crippen molar-refractivity contribution >= 4 is 23.4 Å². The molecule has 0 aliphatic heterocycles. The summed E-state index contributed by atoms with van der Waals surface area (Å²) in [6.45, 7) is 4.55. The summed E-state index contributed by atoms with van der Waals surface area (Å²) in [7, 11) is 0. The minimum absolute atomic E-state index is 0.0350. The third-order valence-electron chi connectivity index (χ3n) is 5.07. The van der Waals surface area contributed by atoms with Crippen LogP contribution in [0.4, 0.5) is 11.5 Å². The molecule has 9 heteroatoms. The summed E-state index contributed by atoms with van der Waals surface area (Å²) in [5.41, 5.74) is 2.72. The first-order valence-corrected chi connectivity index (χ1v) is 9.64. The van der Waals surface area contributed by atoms with Gasteiger partial charge >= 0.3 is 5.97 Å². The van der Waals surface area contributed by atoms with E-state index in [0.717, 1.165) is 23.0 Å². The van der Waals surface area contributed by atoms with Gasteiger partial charge in [0.1, 0.15) is 11.9 Å². The molecule has 0 unspecified atom stereocenters. The Bertz CT molecular complexity index is 1260. The SMILES string of the molecule is Cc1ccc(C(=O)OCC(=O)Nc2c(C#N)c(C)c(C)n2-c2ccccc2)cc1[N+](=O)[O-]. The van der Waals surface area contributed by atoms with Crippen LogP contribution >= 0.6 is 0 Å². The number of carbonyl (C=O) groups excluding carboxylic acids is 2. The maximum Gasteiger partial charge on any atom is 0.338 e. The number of nitrogens with one attached hydrogen (secondary N) is 1. The number of esters is 1. The van der Waals surface area contributed by atoms with Crippen molar-refractivity contribution in [2.24, 2.45) is 0 Å². The van der Waals surface area contributed by atoms with Gasteiger partial charge in [0, 0.05) is 23.0 Å². The summed E-state index contributed by atoms with van der Waals surface area (Å²) in [5.74, 6) is -1.23. The number of hydrogen-bond donors (Lipinski definition) is 1. The number of anilines is 1. The lowest BCUT2D eigenvalue weighted by atomic mass is 10.1. The van der Waals surface area contributed by atoms with Crippen molar-refractivity contribution in [1.82, 2.24) is 4.57 Å². The fourth-order valence-corrected chi connectivity index (χ4v) is 3.28. The maximum atomic E-state index is 12.5. The molecule has 0 fully saturated rings. The third-order valence-corrected chi connectivity index (χ3v) is 5.07. The average Bonchev–Trinajstić information content (AvgIpc) is 3.01. The van der Waals surface area contributed by atoms with Gasteiger partial charge < -0.3 is 10.1 Å². The maximum absolute atomic E-state index is 12.5. The van der Waals surface area contributed by atoms with E-state index in [0.29, 0.717) is 11.1 Å². The van der Waals surface area contributed by atoms with Crippen LogP contribution in [-0.2, 0) is 9.53 Å². The Hall–Kier alpha value is -4.45. The topological polar surface area (TPSA) is 127 Å². The molecule has 9 nitrogen and oxygen atoms in total. The fourth-order valence-electron chi connectivity index (χ4n) is 3.28. The van der Waals surface area contributed by atoms with Crippen LogP contribution < -0.4 is 5.32 Å². The van der Waals surface area contributed by atoms with Gasteiger partial charge in [0.2, 0.25) is 0 Å². The number of benzene rings is 2. The number of aromatic nitrogens is 1. The molecule has 0 atom stereocenters. The van der Waals surface area contributed by atoms with E-state index in [2.05, 4.69) is 11.4 Å². The quantitative estimate of drug-likeness (QED) is 0.357. The summed E-state index contributed by atoms with van der Waals surface area (Å²) in [4.78, 5) is 35.3. The number of carbonyl (C=O) groups is 2. The molecule has 0 spiro atoms. The molecule has 3 rings (SSSR count). The van der Waals surface area contributed by atoms with Gasteiger partial charge in [0.25, 0.3) is 11.6 Å². The molecular formula is C23H20N4O5. The highest BCUT2D eigenvalue weighted by molar-refractivity contribution is 5.96. The number of hydrogen-bond acceptors (Lipinski definition) is 6. The summed E-state index contributed by atoms with van der Waals surface area (Å²) >= 11 is 0. The number of nitriles is 1. The van der Waals surface area contributed by atoms with Crippen molar-refractivity contribution in [2.45, 2.75) is 20.8 Å². The van der Waals surface area contributed by atoms with Crippen molar-refractivity contribution < 1.29 is 19.2 Å². The zero-order chi connectivity index (χ0) is 23.4. The predicted molar refractivity (Wildman–Crippen MR) is 117 cm³/mol. The molecule has 32 heavy (non-hydrogen) atoms. The normalized spacial score (nSPS) is 10.3. The smallest absolute Gasteiger partial charge is 0.338 e. The number of nitro groups is 1. The van der Waals surface area contributed by atoms with E-state index < -0.39 is 23.4 Å². The van der Waals surface area contributed by atoms with Crippen LogP contribution in [0, 0.1) is 42.2 Å². The highest BCUT2D eigenvalue weighted by Gasteiger charge is 2.22. The lowest BCUT2D eigenvalue weighted by Crippen LogP contribution is -2.23. The van der Waals surface area contributed by atoms with E-state index in [4.69, 9.17) is 4.74 Å². The Morgan fingerprint density at radius 2 is 1.84 bits per heavy atom. The number of para-hydroxylation sites is 1. The predicted octanol–water partition coefficient (Wildman–Crippen LogP) is 3.98. The highest BCUT2D eigenvalue weighted by Crippen LogP contribution is 2.30. The molecule has 0 aliphatic carbocycles. The van der Waals surface area contributed by atoms with Gasteiger partial charge in [-0.3, -0.25) is 19.5 Å². The molecule has 1 N–H and O–H groups in total. The molecule has 0 saturated carbocycles. The van der Waals surface area contributed by atoms with E-state index >= 15 is 0 Å². The van der Waals surface area contributed by atoms with Gasteiger partial charge in [-0.1, -0.05) is 24.3 Å². The first kappa shape index (κ1) is 22.2. The summed E-state index contributed by atoms with van der Waals surface area (Å²) in [6, 6.07) is 15.3. The lowest BCUT2D eigenvalue weighted by Gasteiger charge is -2.13. The molecule has 1 heterocycles. The van der Waals surface area contributed by atoms with Crippen molar-refractivity contribution in [3.05, 3.63) is 86.6 Å². The highest BCUT2D eigenvalue weighted by atomic mass is 16.6. The third kappa shape index (κ3) is 4.34. The second-order valence-electron chi connectivity index (χ2n) is 7.10. The summed E-state index contributed by atoms with van der Waals surface area (Å²) in [5, 5.41) is 23.3. The van der Waals surface area contributed by atoms with Crippen molar-refractivity contribution in [3.63, 3.8) is 0 Å². The Morgan fingerprint density at radius 1 is 1.16 bits per heavy atom. The van der Waals surface area contributed by atoms with Crippen molar-refractivity contribution in [2.75, 3.05) is 11.9 Å². The monoisotopic (exact) mass is 432 g/mol. The zero-order valence-corrected chi connectivity index (χ0v) is 17.7. The largest absolute Gasteiger partial charge is 0.452 e. The van der Waals surface area contributed by atoms with E-state index in [1.165, 1.54) is 12.1 Å². The molecule has 0 bridgehead atoms. The van der Waals surface area contributed by atoms with Crippen LogP contribution in [-0.4, -0.2) is 28.0 Å². The molecule has 2 aromatic carbocycles. The Balaban J connectivity index is 1.79. The second kappa shape index (κ2) is 9.14. The first-order valence-electron chi connectivity index (χ1n) is 9.64. The van der Waals surface area contributed by atoms with Crippen LogP contribution in [0.25, 0.3) is 5.69 Å². The molecule has 3 aromatic rings. The number of rotatable bonds is 6. The van der Waals surface area contributed by atoms with Crippen molar-refractivity contribution in [3.8, 4) is 11.8 Å². The molecule has 162 valence electrons. The Morgan fingerprint density at radius 3 is 2.47 bits per heavy atom. The van der Waals surface area contributed by atoms with Crippen LogP contribution in [0.15, 0.2) is 48.5 Å². The molecule has 1 amide bonds. The van der Waals surface area contributed by atoms with Crippen LogP contribution in [0.5, 0.6) is 0 Å². The second-order valence-corrected chi connectivity index (χ2v) is 7.10. The number of amides is 1. The van der Waals surface area contributed by atoms with Gasteiger partial charge in [0.05, 0.1) is 16.1 Å². The minimum Gasteiger partial charge on any atom is -0.452 e. The number of nitrogens with zero attached hydrogens (tertiary/aromatic N) is 3. The van der Waals surface area contributed by atoms with E-state index in [1.807, 2.05) is 37.3 Å². The molecule has 0 saturated heterocycles. The Labute approximate surface area is 184 Å². The van der Waals surface area contributed by atoms with Gasteiger partial charge in [0.15, 0.2) is 6.61 Å². The average molecular weight is 432 g/mol. The van der Waals surface area contributed by atoms with Crippen molar-refractivity contribution in [1.29, 1.82) is 5.26 Å². The standard InChI is InChI=1S/C23H20N4O5/c1-14-9-10-17(11-20(14)27(30)31)23(29)32-13-21(28)25-22-19(12-24)15(2)16(3)26(22)18-7-5-4-6-8-18/h4-11H,13H2,1-3H3,(H,25,28). The number of ether oxygens (including phenoxy) is 1. The van der Waals surface area contributed by atoms with Gasteiger partial charge in [-0.05, 0) is 44.5 Å².